The summed E-state index contributed by atoms with van der Waals surface area (Å²) in [6.45, 7) is 12.8. The highest BCUT2D eigenvalue weighted by Crippen LogP contribution is 2.50. The summed E-state index contributed by atoms with van der Waals surface area (Å²) in [4.78, 5) is 11.6. The molecule has 0 aromatic heterocycles. The summed E-state index contributed by atoms with van der Waals surface area (Å²) in [5, 5.41) is 9.47. The molecule has 0 aliphatic carbocycles. The van der Waals surface area contributed by atoms with Gasteiger partial charge >= 0.3 is 5.97 Å². The lowest BCUT2D eigenvalue weighted by molar-refractivity contribution is -0.139. The van der Waals surface area contributed by atoms with E-state index in [1.54, 1.807) is 0 Å². The van der Waals surface area contributed by atoms with Crippen LogP contribution < -0.4 is 4.74 Å². The van der Waals surface area contributed by atoms with Crippen LogP contribution >= 0.6 is 0 Å². The third-order valence-corrected chi connectivity index (χ3v) is 9.45. The van der Waals surface area contributed by atoms with Gasteiger partial charge in [0, 0.05) is 22.8 Å². The maximum atomic E-state index is 11.6. The monoisotopic (exact) mass is 602 g/mol. The van der Waals surface area contributed by atoms with Crippen LogP contribution in [0.4, 0.5) is 0 Å². The zero-order valence-electron chi connectivity index (χ0n) is 27.0. The number of carbonyl (C=O) groups is 1. The van der Waals surface area contributed by atoms with Crippen LogP contribution in [0.3, 0.4) is 0 Å². The summed E-state index contributed by atoms with van der Waals surface area (Å²) in [6, 6.07) is 36.0. The van der Waals surface area contributed by atoms with Gasteiger partial charge in [0.15, 0.2) is 6.61 Å². The molecule has 1 aliphatic heterocycles. The number of unbranched alkanes of at least 4 members (excludes halogenated alkanes) is 1. The lowest BCUT2D eigenvalue weighted by atomic mass is 9.73. The molecule has 0 unspecified atom stereocenters. The van der Waals surface area contributed by atoms with E-state index in [2.05, 4.69) is 119 Å². The molecule has 234 valence electrons. The average molecular weight is 603 g/mol. The van der Waals surface area contributed by atoms with E-state index in [9.17, 15) is 9.90 Å². The van der Waals surface area contributed by atoms with Crippen molar-refractivity contribution in [3.05, 3.63) is 138 Å². The Balaban J connectivity index is 1.54. The van der Waals surface area contributed by atoms with Crippen molar-refractivity contribution in [3.8, 4) is 16.9 Å². The normalized spacial score (nSPS) is 20.0. The van der Waals surface area contributed by atoms with Gasteiger partial charge < -0.3 is 14.6 Å². The Morgan fingerprint density at radius 1 is 0.911 bits per heavy atom. The lowest BCUT2D eigenvalue weighted by Crippen LogP contribution is -2.36. The van der Waals surface area contributed by atoms with Crippen LogP contribution in [0.5, 0.6) is 5.75 Å². The summed E-state index contributed by atoms with van der Waals surface area (Å²) in [6.07, 6.45) is 3.69. The average Bonchev–Trinajstić information content (AvgIpc) is 3.06. The largest absolute Gasteiger partial charge is 0.482 e. The second-order valence-electron chi connectivity index (χ2n) is 12.9. The van der Waals surface area contributed by atoms with Gasteiger partial charge in [-0.3, -0.25) is 0 Å². The number of rotatable bonds is 12. The Labute approximate surface area is 268 Å². The van der Waals surface area contributed by atoms with Crippen LogP contribution in [0.2, 0.25) is 0 Å². The molecule has 0 spiro atoms. The number of carboxylic acid groups (broad SMARTS) is 1. The molecule has 1 N–H and O–H groups in total. The fourth-order valence-corrected chi connectivity index (χ4v) is 6.71. The van der Waals surface area contributed by atoms with Crippen molar-refractivity contribution in [2.24, 2.45) is 5.92 Å². The van der Waals surface area contributed by atoms with Crippen molar-refractivity contribution in [3.63, 3.8) is 0 Å². The summed E-state index contributed by atoms with van der Waals surface area (Å²) in [5.41, 5.74) is 7.69. The molecule has 4 atom stereocenters. The summed E-state index contributed by atoms with van der Waals surface area (Å²) >= 11 is 0. The highest BCUT2D eigenvalue weighted by Gasteiger charge is 2.41. The van der Waals surface area contributed by atoms with Crippen molar-refractivity contribution < 1.29 is 19.4 Å². The molecule has 1 aliphatic rings. The van der Waals surface area contributed by atoms with Gasteiger partial charge in [-0.25, -0.2) is 4.79 Å². The van der Waals surface area contributed by atoms with E-state index in [0.717, 1.165) is 42.4 Å². The van der Waals surface area contributed by atoms with E-state index in [1.165, 1.54) is 22.3 Å². The highest BCUT2D eigenvalue weighted by molar-refractivity contribution is 5.68. The van der Waals surface area contributed by atoms with Gasteiger partial charge in [0.25, 0.3) is 0 Å². The van der Waals surface area contributed by atoms with E-state index >= 15 is 0 Å². The van der Waals surface area contributed by atoms with Gasteiger partial charge in [-0.1, -0.05) is 137 Å². The number of hydrogen-bond donors (Lipinski definition) is 1. The first-order valence-corrected chi connectivity index (χ1v) is 16.2. The molecular weight excluding hydrogens is 556 g/mol. The van der Waals surface area contributed by atoms with Gasteiger partial charge in [-0.05, 0) is 59.7 Å². The predicted molar refractivity (Wildman–Crippen MR) is 183 cm³/mol. The quantitative estimate of drug-likeness (QED) is 0.164. The molecule has 4 aromatic rings. The van der Waals surface area contributed by atoms with Gasteiger partial charge in [0.2, 0.25) is 0 Å². The van der Waals surface area contributed by atoms with E-state index in [0.29, 0.717) is 5.75 Å². The SMILES string of the molecule is C=C(C)[C@@H]1C[C@@H](c2ccc(-c3ccccc3)cc2)[C@@H](CCCC)O[C@H]1c1cc(C(C)(C)c2ccccc2)ccc1OCC(=O)O. The standard InChI is InChI=1S/C41H46O4/c1-6-7-18-38-35(31-21-19-30(20-22-31)29-14-10-8-11-15-29)26-34(28(2)3)40(45-38)36-25-33(23-24-37(36)44-27-39(42)43)41(4,5)32-16-12-9-13-17-32/h8-17,19-25,34-35,38,40H,2,6-7,18,26-27H2,1,3-5H3,(H,42,43)/t34-,35-,38+,40+/m0/s1. The van der Waals surface area contributed by atoms with Crippen molar-refractivity contribution in [2.75, 3.05) is 6.61 Å². The first-order chi connectivity index (χ1) is 21.7. The molecule has 45 heavy (non-hydrogen) atoms. The van der Waals surface area contributed by atoms with Crippen LogP contribution in [0.15, 0.2) is 115 Å². The molecule has 4 nitrogen and oxygen atoms in total. The molecule has 4 aromatic carbocycles. The number of ether oxygens (including phenoxy) is 2. The fourth-order valence-electron chi connectivity index (χ4n) is 6.71. The first-order valence-electron chi connectivity index (χ1n) is 16.2. The van der Waals surface area contributed by atoms with Crippen LogP contribution in [-0.2, 0) is 14.9 Å². The van der Waals surface area contributed by atoms with Gasteiger partial charge in [0.1, 0.15) is 5.75 Å². The molecular formula is C41H46O4. The van der Waals surface area contributed by atoms with E-state index in [1.807, 2.05) is 18.2 Å². The Kier molecular flexibility index (Phi) is 10.2. The zero-order valence-corrected chi connectivity index (χ0v) is 27.0. The lowest BCUT2D eigenvalue weighted by Gasteiger charge is -2.43. The molecule has 4 heteroatoms. The fraction of sp³-hybridized carbons (Fsp3) is 0.341. The molecule has 5 rings (SSSR count). The van der Waals surface area contributed by atoms with Gasteiger partial charge in [-0.2, -0.15) is 0 Å². The molecule has 0 saturated carbocycles. The van der Waals surface area contributed by atoms with E-state index in [-0.39, 0.29) is 29.5 Å². The Hall–Kier alpha value is -4.15. The summed E-state index contributed by atoms with van der Waals surface area (Å²) in [7, 11) is 0. The molecule has 1 fully saturated rings. The second kappa shape index (κ2) is 14.3. The third-order valence-electron chi connectivity index (χ3n) is 9.45. The van der Waals surface area contributed by atoms with Crippen molar-refractivity contribution >= 4 is 5.97 Å². The minimum atomic E-state index is -1.00. The van der Waals surface area contributed by atoms with Crippen LogP contribution in [-0.4, -0.2) is 23.8 Å². The summed E-state index contributed by atoms with van der Waals surface area (Å²) in [5.74, 6) is -0.202. The number of benzene rings is 4. The molecule has 1 heterocycles. The van der Waals surface area contributed by atoms with Crippen LogP contribution in [0.1, 0.15) is 87.7 Å². The Morgan fingerprint density at radius 3 is 2.18 bits per heavy atom. The second-order valence-corrected chi connectivity index (χ2v) is 12.9. The third kappa shape index (κ3) is 7.40. The number of hydrogen-bond acceptors (Lipinski definition) is 3. The molecule has 1 saturated heterocycles. The summed E-state index contributed by atoms with van der Waals surface area (Å²) < 4.78 is 13.1. The van der Waals surface area contributed by atoms with Crippen molar-refractivity contribution in [1.29, 1.82) is 0 Å². The predicted octanol–water partition coefficient (Wildman–Crippen LogP) is 10.1. The topological polar surface area (TPSA) is 55.8 Å². The Bertz CT molecular complexity index is 1570. The van der Waals surface area contributed by atoms with Crippen molar-refractivity contribution in [1.82, 2.24) is 0 Å². The number of aliphatic carboxylic acids is 1. The van der Waals surface area contributed by atoms with E-state index in [4.69, 9.17) is 9.47 Å². The number of carboxylic acids is 1. The Morgan fingerprint density at radius 2 is 1.56 bits per heavy atom. The minimum absolute atomic E-state index is 0.00578. The van der Waals surface area contributed by atoms with Crippen molar-refractivity contribution in [2.45, 2.75) is 76.9 Å². The minimum Gasteiger partial charge on any atom is -0.482 e. The van der Waals surface area contributed by atoms with Gasteiger partial charge in [-0.15, -0.1) is 0 Å². The van der Waals surface area contributed by atoms with Gasteiger partial charge in [0.05, 0.1) is 12.2 Å². The smallest absolute Gasteiger partial charge is 0.341 e. The van der Waals surface area contributed by atoms with Crippen LogP contribution in [0.25, 0.3) is 11.1 Å². The highest BCUT2D eigenvalue weighted by atomic mass is 16.5. The molecule has 0 amide bonds. The maximum Gasteiger partial charge on any atom is 0.341 e. The van der Waals surface area contributed by atoms with E-state index < -0.39 is 12.6 Å². The maximum absolute atomic E-state index is 11.6. The van der Waals surface area contributed by atoms with Crippen LogP contribution in [0, 0.1) is 5.92 Å². The molecule has 0 bridgehead atoms. The first kappa shape index (κ1) is 32.2. The molecule has 0 radical (unpaired) electrons. The zero-order chi connectivity index (χ0) is 32.0.